The van der Waals surface area contributed by atoms with Crippen LogP contribution in [0.5, 0.6) is 0 Å². The molecule has 6 heteroatoms. The van der Waals surface area contributed by atoms with E-state index in [0.29, 0.717) is 12.8 Å². The number of halogens is 2. The molecule has 3 aromatic heterocycles. The lowest BCUT2D eigenvalue weighted by atomic mass is 9.70. The predicted molar refractivity (Wildman–Crippen MR) is 104 cm³/mol. The average Bonchev–Trinajstić information content (AvgIpc) is 2.99. The van der Waals surface area contributed by atoms with Crippen molar-refractivity contribution in [2.45, 2.75) is 18.3 Å². The lowest BCUT2D eigenvalue weighted by Crippen LogP contribution is -2.31. The molecule has 0 amide bonds. The van der Waals surface area contributed by atoms with Gasteiger partial charge >= 0.3 is 0 Å². The summed E-state index contributed by atoms with van der Waals surface area (Å²) in [6, 6.07) is 14.5. The van der Waals surface area contributed by atoms with Crippen molar-refractivity contribution in [3.8, 4) is 11.3 Å². The fraction of sp³-hybridized carbons (Fsp3) is 0.130. The summed E-state index contributed by atoms with van der Waals surface area (Å²) in [7, 11) is 0. The summed E-state index contributed by atoms with van der Waals surface area (Å²) in [4.78, 5) is 16.1. The number of aromatic nitrogens is 4. The Hall–Kier alpha value is -3.54. The highest BCUT2D eigenvalue weighted by Crippen LogP contribution is 2.51. The van der Waals surface area contributed by atoms with Crippen LogP contribution >= 0.6 is 0 Å². The number of nitrogens with zero attached hydrogens (tertiary/aromatic N) is 4. The van der Waals surface area contributed by atoms with Crippen molar-refractivity contribution in [3.05, 3.63) is 108 Å². The normalized spacial score (nSPS) is 13.7. The molecule has 0 N–H and O–H groups in total. The zero-order chi connectivity index (χ0) is 19.8. The van der Waals surface area contributed by atoms with Gasteiger partial charge in [-0.2, -0.15) is 8.78 Å². The summed E-state index contributed by atoms with van der Waals surface area (Å²) in [6.07, 6.45) is 7.30. The molecule has 3 heterocycles. The van der Waals surface area contributed by atoms with E-state index in [0.717, 1.165) is 33.5 Å². The van der Waals surface area contributed by atoms with Crippen LogP contribution in [0.2, 0.25) is 0 Å². The maximum absolute atomic E-state index is 13.8. The van der Waals surface area contributed by atoms with E-state index in [1.165, 1.54) is 30.9 Å². The molecule has 0 fully saturated rings. The maximum Gasteiger partial charge on any atom is 0.213 e. The third-order valence-corrected chi connectivity index (χ3v) is 5.52. The number of hydrogen-bond acceptors (Lipinski definition) is 4. The van der Waals surface area contributed by atoms with Crippen LogP contribution in [0, 0.1) is 11.9 Å². The van der Waals surface area contributed by atoms with Gasteiger partial charge < -0.3 is 0 Å². The Morgan fingerprint density at radius 2 is 1.41 bits per heavy atom. The highest BCUT2D eigenvalue weighted by Gasteiger charge is 2.44. The van der Waals surface area contributed by atoms with E-state index in [4.69, 9.17) is 0 Å². The molecule has 0 bridgehead atoms. The van der Waals surface area contributed by atoms with Crippen molar-refractivity contribution in [1.82, 2.24) is 19.9 Å². The summed E-state index contributed by atoms with van der Waals surface area (Å²) in [6.45, 7) is 0. The molecule has 1 aliphatic rings. The Kier molecular flexibility index (Phi) is 4.12. The molecule has 0 atom stereocenters. The Bertz CT molecular complexity index is 1110. The minimum Gasteiger partial charge on any atom is -0.244 e. The summed E-state index contributed by atoms with van der Waals surface area (Å²) in [5.74, 6) is -1.05. The minimum absolute atomic E-state index is 0.508. The van der Waals surface area contributed by atoms with E-state index in [1.54, 1.807) is 0 Å². The molecule has 0 aliphatic heterocycles. The lowest BCUT2D eigenvalue weighted by molar-refractivity contribution is 0.507. The monoisotopic (exact) mass is 386 g/mol. The molecule has 0 saturated carbocycles. The van der Waals surface area contributed by atoms with Crippen LogP contribution < -0.4 is 0 Å². The molecule has 4 aromatic rings. The zero-order valence-corrected chi connectivity index (χ0v) is 15.4. The minimum atomic E-state index is -0.561. The van der Waals surface area contributed by atoms with Crippen LogP contribution in [-0.4, -0.2) is 19.9 Å². The van der Waals surface area contributed by atoms with Crippen molar-refractivity contribution >= 4 is 0 Å². The fourth-order valence-electron chi connectivity index (χ4n) is 4.39. The summed E-state index contributed by atoms with van der Waals surface area (Å²) < 4.78 is 27.7. The van der Waals surface area contributed by atoms with Gasteiger partial charge in [0.15, 0.2) is 0 Å². The van der Waals surface area contributed by atoms with Crippen molar-refractivity contribution in [1.29, 1.82) is 0 Å². The smallest absolute Gasteiger partial charge is 0.213 e. The van der Waals surface area contributed by atoms with Crippen molar-refractivity contribution < 1.29 is 8.78 Å². The van der Waals surface area contributed by atoms with Gasteiger partial charge in [0.1, 0.15) is 6.33 Å². The van der Waals surface area contributed by atoms with Gasteiger partial charge in [-0.15, -0.1) is 0 Å². The Labute approximate surface area is 166 Å². The van der Waals surface area contributed by atoms with E-state index < -0.39 is 17.3 Å². The van der Waals surface area contributed by atoms with Gasteiger partial charge in [0.25, 0.3) is 0 Å². The number of benzene rings is 1. The third-order valence-electron chi connectivity index (χ3n) is 5.52. The quantitative estimate of drug-likeness (QED) is 0.491. The summed E-state index contributed by atoms with van der Waals surface area (Å²) >= 11 is 0. The van der Waals surface area contributed by atoms with Gasteiger partial charge in [0, 0.05) is 35.1 Å². The average molecular weight is 386 g/mol. The second-order valence-electron chi connectivity index (χ2n) is 7.24. The largest absolute Gasteiger partial charge is 0.244 e. The Morgan fingerprint density at radius 3 is 2.07 bits per heavy atom. The maximum atomic E-state index is 13.8. The molecular weight excluding hydrogens is 370 g/mol. The van der Waals surface area contributed by atoms with Crippen molar-refractivity contribution in [2.24, 2.45) is 0 Å². The molecule has 0 spiro atoms. The van der Waals surface area contributed by atoms with Gasteiger partial charge in [-0.05, 0) is 53.8 Å². The van der Waals surface area contributed by atoms with Gasteiger partial charge in [-0.3, -0.25) is 0 Å². The van der Waals surface area contributed by atoms with Crippen LogP contribution in [-0.2, 0) is 18.3 Å². The first-order valence-corrected chi connectivity index (χ1v) is 9.27. The van der Waals surface area contributed by atoms with E-state index in [-0.39, 0.29) is 0 Å². The van der Waals surface area contributed by atoms with Crippen LogP contribution in [0.25, 0.3) is 11.3 Å². The van der Waals surface area contributed by atoms with Crippen LogP contribution in [0.1, 0.15) is 22.3 Å². The molecule has 4 nitrogen and oxygen atoms in total. The topological polar surface area (TPSA) is 51.6 Å². The summed E-state index contributed by atoms with van der Waals surface area (Å²) in [5, 5.41) is 0. The lowest BCUT2D eigenvalue weighted by Gasteiger charge is -2.32. The van der Waals surface area contributed by atoms with Gasteiger partial charge in [-0.25, -0.2) is 19.9 Å². The molecule has 0 unspecified atom stereocenters. The highest BCUT2D eigenvalue weighted by atomic mass is 19.1. The first-order valence-electron chi connectivity index (χ1n) is 9.27. The molecule has 142 valence electrons. The molecular formula is C23H16F2N4. The summed E-state index contributed by atoms with van der Waals surface area (Å²) in [5.41, 5.74) is 4.96. The van der Waals surface area contributed by atoms with Crippen LogP contribution in [0.4, 0.5) is 8.78 Å². The molecule has 29 heavy (non-hydrogen) atoms. The number of pyridine rings is 2. The number of fused-ring (bicyclic) bond motifs is 3. The Balaban J connectivity index is 1.74. The first-order chi connectivity index (χ1) is 14.2. The molecule has 1 aromatic carbocycles. The highest BCUT2D eigenvalue weighted by molar-refractivity contribution is 5.78. The fourth-order valence-corrected chi connectivity index (χ4v) is 4.39. The van der Waals surface area contributed by atoms with Crippen LogP contribution in [0.3, 0.4) is 0 Å². The Morgan fingerprint density at radius 1 is 0.759 bits per heavy atom. The second-order valence-corrected chi connectivity index (χ2v) is 7.24. The van der Waals surface area contributed by atoms with E-state index in [2.05, 4.69) is 26.0 Å². The van der Waals surface area contributed by atoms with Crippen LogP contribution in [0.15, 0.2) is 73.4 Å². The second kappa shape index (κ2) is 6.81. The van der Waals surface area contributed by atoms with Gasteiger partial charge in [0.05, 0.1) is 5.69 Å². The standard InChI is InChI=1S/C23H16F2N4/c24-20-9-15(5-7-27-20)11-23(12-16-6-8-28-21(25)10-16)18-4-2-1-3-17(18)22-19(23)13-26-14-29-22/h1-10,13-14H,11-12H2. The van der Waals surface area contributed by atoms with Gasteiger partial charge in [0.2, 0.25) is 11.9 Å². The van der Waals surface area contributed by atoms with E-state index in [1.807, 2.05) is 36.5 Å². The molecule has 0 saturated heterocycles. The van der Waals surface area contributed by atoms with Crippen molar-refractivity contribution in [3.63, 3.8) is 0 Å². The molecule has 0 radical (unpaired) electrons. The molecule has 5 rings (SSSR count). The van der Waals surface area contributed by atoms with E-state index >= 15 is 0 Å². The van der Waals surface area contributed by atoms with Gasteiger partial charge in [-0.1, -0.05) is 24.3 Å². The van der Waals surface area contributed by atoms with Crippen molar-refractivity contribution in [2.75, 3.05) is 0 Å². The number of hydrogen-bond donors (Lipinski definition) is 0. The predicted octanol–water partition coefficient (Wildman–Crippen LogP) is 4.30. The van der Waals surface area contributed by atoms with E-state index in [9.17, 15) is 8.78 Å². The first kappa shape index (κ1) is 17.6. The third kappa shape index (κ3) is 2.97. The molecule has 1 aliphatic carbocycles. The SMILES string of the molecule is Fc1cc(CC2(Cc3ccnc(F)c3)c3ccccc3-c3ncncc32)ccn1. The zero-order valence-electron chi connectivity index (χ0n) is 15.4. The number of rotatable bonds is 4.